The first kappa shape index (κ1) is 18.5. The van der Waals surface area contributed by atoms with Crippen LogP contribution in [-0.4, -0.2) is 32.6 Å². The van der Waals surface area contributed by atoms with Gasteiger partial charge in [0.15, 0.2) is 11.5 Å². The SMILES string of the molecule is COc1ccc(/C=C/C(=O)Nc2ccccc2N2CCCC2=O)cc1OC. The molecule has 140 valence electrons. The van der Waals surface area contributed by atoms with Crippen molar-refractivity contribution in [3.05, 3.63) is 54.1 Å². The zero-order chi connectivity index (χ0) is 19.2. The van der Waals surface area contributed by atoms with Gasteiger partial charge in [-0.1, -0.05) is 18.2 Å². The second kappa shape index (κ2) is 8.40. The van der Waals surface area contributed by atoms with E-state index in [0.29, 0.717) is 30.2 Å². The molecule has 2 aromatic carbocycles. The molecule has 0 aromatic heterocycles. The second-order valence-electron chi connectivity index (χ2n) is 6.10. The van der Waals surface area contributed by atoms with Gasteiger partial charge in [-0.05, 0) is 42.3 Å². The number of anilines is 2. The molecule has 0 bridgehead atoms. The van der Waals surface area contributed by atoms with E-state index < -0.39 is 0 Å². The van der Waals surface area contributed by atoms with Crippen molar-refractivity contribution in [3.8, 4) is 11.5 Å². The van der Waals surface area contributed by atoms with Gasteiger partial charge in [0.2, 0.25) is 11.8 Å². The fourth-order valence-electron chi connectivity index (χ4n) is 3.02. The van der Waals surface area contributed by atoms with Crippen molar-refractivity contribution in [2.45, 2.75) is 12.8 Å². The molecule has 0 atom stereocenters. The summed E-state index contributed by atoms with van der Waals surface area (Å²) in [5.41, 5.74) is 2.16. The van der Waals surface area contributed by atoms with Crippen LogP contribution in [0.25, 0.3) is 6.08 Å². The Kier molecular flexibility index (Phi) is 5.76. The Morgan fingerprint density at radius 1 is 1.11 bits per heavy atom. The number of ether oxygens (including phenoxy) is 2. The number of para-hydroxylation sites is 2. The first-order valence-corrected chi connectivity index (χ1v) is 8.73. The largest absolute Gasteiger partial charge is 0.493 e. The van der Waals surface area contributed by atoms with Gasteiger partial charge in [0.05, 0.1) is 25.6 Å². The Bertz CT molecular complexity index is 876. The van der Waals surface area contributed by atoms with E-state index in [1.165, 1.54) is 6.08 Å². The van der Waals surface area contributed by atoms with Crippen LogP contribution >= 0.6 is 0 Å². The Balaban J connectivity index is 1.73. The zero-order valence-electron chi connectivity index (χ0n) is 15.4. The molecule has 0 radical (unpaired) electrons. The number of hydrogen-bond acceptors (Lipinski definition) is 4. The van der Waals surface area contributed by atoms with Gasteiger partial charge in [-0.25, -0.2) is 0 Å². The normalized spacial score (nSPS) is 13.9. The number of methoxy groups -OCH3 is 2. The lowest BCUT2D eigenvalue weighted by atomic mass is 10.2. The Hall–Kier alpha value is -3.28. The highest BCUT2D eigenvalue weighted by molar-refractivity contribution is 6.06. The molecule has 0 spiro atoms. The lowest BCUT2D eigenvalue weighted by Gasteiger charge is -2.19. The molecule has 1 N–H and O–H groups in total. The van der Waals surface area contributed by atoms with Gasteiger partial charge < -0.3 is 19.7 Å². The molecule has 0 unspecified atom stereocenters. The Morgan fingerprint density at radius 2 is 1.89 bits per heavy atom. The van der Waals surface area contributed by atoms with E-state index in [4.69, 9.17) is 9.47 Å². The number of carbonyl (C=O) groups is 2. The van der Waals surface area contributed by atoms with Crippen LogP contribution in [0, 0.1) is 0 Å². The molecular weight excluding hydrogens is 344 g/mol. The highest BCUT2D eigenvalue weighted by atomic mass is 16.5. The average Bonchev–Trinajstić information content (AvgIpc) is 3.12. The summed E-state index contributed by atoms with van der Waals surface area (Å²) in [5.74, 6) is 1.03. The maximum Gasteiger partial charge on any atom is 0.248 e. The van der Waals surface area contributed by atoms with Crippen molar-refractivity contribution in [2.24, 2.45) is 0 Å². The van der Waals surface area contributed by atoms with Crippen LogP contribution < -0.4 is 19.7 Å². The molecule has 1 aliphatic rings. The summed E-state index contributed by atoms with van der Waals surface area (Å²) in [6, 6.07) is 12.7. The van der Waals surface area contributed by atoms with E-state index in [9.17, 15) is 9.59 Å². The summed E-state index contributed by atoms with van der Waals surface area (Å²) in [6.07, 6.45) is 4.52. The van der Waals surface area contributed by atoms with Crippen LogP contribution in [-0.2, 0) is 9.59 Å². The van der Waals surface area contributed by atoms with Gasteiger partial charge in [0.1, 0.15) is 0 Å². The highest BCUT2D eigenvalue weighted by Crippen LogP contribution is 2.30. The van der Waals surface area contributed by atoms with Crippen LogP contribution in [0.4, 0.5) is 11.4 Å². The summed E-state index contributed by atoms with van der Waals surface area (Å²) < 4.78 is 10.5. The van der Waals surface area contributed by atoms with Gasteiger partial charge in [0.25, 0.3) is 0 Å². The van der Waals surface area contributed by atoms with Gasteiger partial charge in [-0.3, -0.25) is 9.59 Å². The molecular formula is C21H22N2O4. The zero-order valence-corrected chi connectivity index (χ0v) is 15.4. The summed E-state index contributed by atoms with van der Waals surface area (Å²) in [5, 5.41) is 2.85. The second-order valence-corrected chi connectivity index (χ2v) is 6.10. The van der Waals surface area contributed by atoms with Crippen molar-refractivity contribution in [3.63, 3.8) is 0 Å². The summed E-state index contributed by atoms with van der Waals surface area (Å²) in [4.78, 5) is 26.1. The third-order valence-corrected chi connectivity index (χ3v) is 4.36. The molecule has 6 nitrogen and oxygen atoms in total. The topological polar surface area (TPSA) is 67.9 Å². The van der Waals surface area contributed by atoms with Gasteiger partial charge in [-0.15, -0.1) is 0 Å². The minimum atomic E-state index is -0.274. The first-order valence-electron chi connectivity index (χ1n) is 8.73. The molecule has 2 amide bonds. The molecule has 0 saturated carbocycles. The average molecular weight is 366 g/mol. The Morgan fingerprint density at radius 3 is 2.59 bits per heavy atom. The minimum Gasteiger partial charge on any atom is -0.493 e. The minimum absolute atomic E-state index is 0.0811. The van der Waals surface area contributed by atoms with Crippen molar-refractivity contribution in [1.29, 1.82) is 0 Å². The van der Waals surface area contributed by atoms with Gasteiger partial charge in [0, 0.05) is 19.0 Å². The van der Waals surface area contributed by atoms with E-state index in [2.05, 4.69) is 5.32 Å². The monoisotopic (exact) mass is 366 g/mol. The lowest BCUT2D eigenvalue weighted by Crippen LogP contribution is -2.25. The van der Waals surface area contributed by atoms with Crippen molar-refractivity contribution in [2.75, 3.05) is 31.0 Å². The molecule has 1 aliphatic heterocycles. The van der Waals surface area contributed by atoms with Crippen molar-refractivity contribution < 1.29 is 19.1 Å². The number of hydrogen-bond donors (Lipinski definition) is 1. The number of nitrogens with zero attached hydrogens (tertiary/aromatic N) is 1. The smallest absolute Gasteiger partial charge is 0.248 e. The molecule has 1 saturated heterocycles. The third-order valence-electron chi connectivity index (χ3n) is 4.36. The molecule has 3 rings (SSSR count). The van der Waals surface area contributed by atoms with Crippen molar-refractivity contribution in [1.82, 2.24) is 0 Å². The summed E-state index contributed by atoms with van der Waals surface area (Å²) >= 11 is 0. The number of amides is 2. The Labute approximate surface area is 158 Å². The number of carbonyl (C=O) groups excluding carboxylic acids is 2. The predicted octanol–water partition coefficient (Wildman–Crippen LogP) is 3.48. The highest BCUT2D eigenvalue weighted by Gasteiger charge is 2.23. The fourth-order valence-corrected chi connectivity index (χ4v) is 3.02. The van der Waals surface area contributed by atoms with E-state index in [0.717, 1.165) is 17.7 Å². The molecule has 1 fully saturated rings. The standard InChI is InChI=1S/C21H22N2O4/c1-26-18-11-9-15(14-19(18)27-2)10-12-20(24)22-16-6-3-4-7-17(16)23-13-5-8-21(23)25/h3-4,6-7,9-12,14H,5,8,13H2,1-2H3,(H,22,24)/b12-10+. The van der Waals surface area contributed by atoms with Gasteiger partial charge >= 0.3 is 0 Å². The quantitative estimate of drug-likeness (QED) is 0.795. The third kappa shape index (κ3) is 4.28. The van der Waals surface area contributed by atoms with Crippen LogP contribution in [0.2, 0.25) is 0 Å². The van der Waals surface area contributed by atoms with E-state index in [1.807, 2.05) is 24.3 Å². The van der Waals surface area contributed by atoms with Gasteiger partial charge in [-0.2, -0.15) is 0 Å². The fraction of sp³-hybridized carbons (Fsp3) is 0.238. The first-order chi connectivity index (χ1) is 13.1. The van der Waals surface area contributed by atoms with E-state index in [1.54, 1.807) is 43.4 Å². The molecule has 6 heteroatoms. The van der Waals surface area contributed by atoms with Crippen LogP contribution in [0.5, 0.6) is 11.5 Å². The molecule has 2 aromatic rings. The number of nitrogens with one attached hydrogen (secondary N) is 1. The maximum absolute atomic E-state index is 12.4. The van der Waals surface area contributed by atoms with E-state index in [-0.39, 0.29) is 11.8 Å². The maximum atomic E-state index is 12.4. The van der Waals surface area contributed by atoms with Crippen LogP contribution in [0.15, 0.2) is 48.5 Å². The number of rotatable bonds is 6. The van der Waals surface area contributed by atoms with E-state index >= 15 is 0 Å². The summed E-state index contributed by atoms with van der Waals surface area (Å²) in [7, 11) is 3.14. The van der Waals surface area contributed by atoms with Crippen LogP contribution in [0.1, 0.15) is 18.4 Å². The molecule has 27 heavy (non-hydrogen) atoms. The number of benzene rings is 2. The predicted molar refractivity (Wildman–Crippen MR) is 105 cm³/mol. The van der Waals surface area contributed by atoms with Crippen molar-refractivity contribution >= 4 is 29.3 Å². The lowest BCUT2D eigenvalue weighted by molar-refractivity contribution is -0.117. The summed E-state index contributed by atoms with van der Waals surface area (Å²) in [6.45, 7) is 0.674. The molecule has 0 aliphatic carbocycles. The molecule has 1 heterocycles. The van der Waals surface area contributed by atoms with Crippen LogP contribution in [0.3, 0.4) is 0 Å².